The van der Waals surface area contributed by atoms with Gasteiger partial charge in [0.1, 0.15) is 6.61 Å². The third kappa shape index (κ3) is 4.54. The van der Waals surface area contributed by atoms with E-state index in [1.165, 1.54) is 0 Å². The molecule has 0 bridgehead atoms. The molecule has 1 unspecified atom stereocenters. The monoisotopic (exact) mass is 409 g/mol. The Morgan fingerprint density at radius 1 is 1.18 bits per heavy atom. The van der Waals surface area contributed by atoms with Crippen LogP contribution >= 0.6 is 22.6 Å². The molecule has 0 aliphatic carbocycles. The minimum atomic E-state index is 0.102. The van der Waals surface area contributed by atoms with Crippen molar-refractivity contribution in [3.63, 3.8) is 0 Å². The van der Waals surface area contributed by atoms with E-state index < -0.39 is 0 Å². The van der Waals surface area contributed by atoms with E-state index in [-0.39, 0.29) is 3.92 Å². The summed E-state index contributed by atoms with van der Waals surface area (Å²) in [6, 6.07) is 15.7. The van der Waals surface area contributed by atoms with Crippen molar-refractivity contribution in [1.29, 1.82) is 0 Å². The zero-order valence-electron chi connectivity index (χ0n) is 12.1. The van der Waals surface area contributed by atoms with E-state index in [9.17, 15) is 0 Å². The molecule has 2 aromatic rings. The fraction of sp³-hybridized carbons (Fsp3) is 0.250. The van der Waals surface area contributed by atoms with Crippen LogP contribution in [-0.4, -0.2) is 13.7 Å². The molecular weight excluding hydrogens is 393 g/mol. The lowest BCUT2D eigenvalue weighted by Crippen LogP contribution is -2.00. The quantitative estimate of drug-likeness (QED) is 0.211. The summed E-state index contributed by atoms with van der Waals surface area (Å²) in [5.41, 5.74) is 10.5. The van der Waals surface area contributed by atoms with Crippen LogP contribution in [0.25, 0.3) is 10.4 Å². The average molecular weight is 409 g/mol. The fourth-order valence-corrected chi connectivity index (χ4v) is 2.51. The zero-order chi connectivity index (χ0) is 15.8. The van der Waals surface area contributed by atoms with E-state index in [0.29, 0.717) is 24.7 Å². The Kier molecular flexibility index (Phi) is 6.36. The summed E-state index contributed by atoms with van der Waals surface area (Å²) >= 11 is 2.24. The number of benzene rings is 2. The molecule has 5 nitrogen and oxygen atoms in total. The van der Waals surface area contributed by atoms with Crippen molar-refractivity contribution in [2.75, 3.05) is 13.7 Å². The first-order valence-corrected chi connectivity index (χ1v) is 7.98. The van der Waals surface area contributed by atoms with E-state index in [0.717, 1.165) is 11.1 Å². The smallest absolute Gasteiger partial charge is 0.161 e. The largest absolute Gasteiger partial charge is 0.493 e. The van der Waals surface area contributed by atoms with Crippen molar-refractivity contribution in [2.45, 2.75) is 10.5 Å². The maximum absolute atomic E-state index is 8.40. The molecule has 0 aromatic heterocycles. The summed E-state index contributed by atoms with van der Waals surface area (Å²) in [4.78, 5) is 2.79. The van der Waals surface area contributed by atoms with Crippen molar-refractivity contribution in [3.8, 4) is 11.5 Å². The number of nitrogens with zero attached hydrogens (tertiary/aromatic N) is 3. The van der Waals surface area contributed by atoms with Crippen molar-refractivity contribution in [1.82, 2.24) is 0 Å². The predicted molar refractivity (Wildman–Crippen MR) is 94.5 cm³/mol. The molecule has 0 aliphatic heterocycles. The van der Waals surface area contributed by atoms with Gasteiger partial charge in [-0.1, -0.05) is 64.1 Å². The molecule has 1 atom stereocenters. The second kappa shape index (κ2) is 8.51. The van der Waals surface area contributed by atoms with Gasteiger partial charge in [0, 0.05) is 15.4 Å². The molecule has 6 heteroatoms. The first-order valence-electron chi connectivity index (χ1n) is 6.74. The topological polar surface area (TPSA) is 67.2 Å². The molecule has 0 N–H and O–H groups in total. The molecule has 0 saturated heterocycles. The minimum Gasteiger partial charge on any atom is -0.493 e. The predicted octanol–water partition coefficient (Wildman–Crippen LogP) is 5.06. The second-order valence-electron chi connectivity index (χ2n) is 4.57. The maximum atomic E-state index is 8.40. The Morgan fingerprint density at radius 3 is 2.64 bits per heavy atom. The summed E-state index contributed by atoms with van der Waals surface area (Å²) < 4.78 is 11.3. The summed E-state index contributed by atoms with van der Waals surface area (Å²) in [5.74, 6) is 1.37. The van der Waals surface area contributed by atoms with Crippen molar-refractivity contribution in [2.24, 2.45) is 5.11 Å². The highest BCUT2D eigenvalue weighted by Gasteiger charge is 2.11. The van der Waals surface area contributed by atoms with Gasteiger partial charge >= 0.3 is 0 Å². The zero-order valence-corrected chi connectivity index (χ0v) is 14.3. The first kappa shape index (κ1) is 16.5. The molecular formula is C16H16IN3O2. The van der Waals surface area contributed by atoms with E-state index in [4.69, 9.17) is 15.0 Å². The van der Waals surface area contributed by atoms with Gasteiger partial charge < -0.3 is 9.47 Å². The van der Waals surface area contributed by atoms with Gasteiger partial charge in [-0.05, 0) is 28.8 Å². The van der Waals surface area contributed by atoms with Crippen LogP contribution in [0.15, 0.2) is 53.6 Å². The highest BCUT2D eigenvalue weighted by atomic mass is 127. The summed E-state index contributed by atoms with van der Waals surface area (Å²) in [6.07, 6.45) is 0. The second-order valence-corrected chi connectivity index (χ2v) is 6.07. The number of azide groups is 1. The van der Waals surface area contributed by atoms with E-state index in [1.54, 1.807) is 7.11 Å². The van der Waals surface area contributed by atoms with Crippen molar-refractivity contribution in [3.05, 3.63) is 70.1 Å². The van der Waals surface area contributed by atoms with Gasteiger partial charge in [-0.3, -0.25) is 0 Å². The molecule has 0 spiro atoms. The fourth-order valence-electron chi connectivity index (χ4n) is 1.95. The van der Waals surface area contributed by atoms with Crippen LogP contribution in [0.5, 0.6) is 11.5 Å². The molecule has 114 valence electrons. The lowest BCUT2D eigenvalue weighted by atomic mass is 10.1. The number of methoxy groups -OCH3 is 1. The number of ether oxygens (including phenoxy) is 2. The van der Waals surface area contributed by atoms with Crippen LogP contribution in [0.1, 0.15) is 15.1 Å². The highest BCUT2D eigenvalue weighted by Crippen LogP contribution is 2.33. The molecule has 22 heavy (non-hydrogen) atoms. The third-order valence-electron chi connectivity index (χ3n) is 3.09. The molecule has 0 heterocycles. The minimum absolute atomic E-state index is 0.102. The molecule has 0 fully saturated rings. The van der Waals surface area contributed by atoms with Crippen molar-refractivity contribution < 1.29 is 9.47 Å². The highest BCUT2D eigenvalue weighted by molar-refractivity contribution is 14.1. The Hall–Kier alpha value is -1.92. The van der Waals surface area contributed by atoms with Gasteiger partial charge in [0.05, 0.1) is 7.11 Å². The lowest BCUT2D eigenvalue weighted by Gasteiger charge is -2.14. The molecule has 0 amide bonds. The summed E-state index contributed by atoms with van der Waals surface area (Å²) in [7, 11) is 1.62. The number of alkyl halides is 1. The number of rotatable bonds is 7. The third-order valence-corrected chi connectivity index (χ3v) is 4.20. The Balaban J connectivity index is 2.10. The lowest BCUT2D eigenvalue weighted by molar-refractivity contribution is 0.284. The van der Waals surface area contributed by atoms with Crippen LogP contribution < -0.4 is 9.47 Å². The van der Waals surface area contributed by atoms with Crippen LogP contribution in [0, 0.1) is 0 Å². The molecule has 0 radical (unpaired) electrons. The Bertz CT molecular complexity index is 658. The van der Waals surface area contributed by atoms with Gasteiger partial charge in [0.15, 0.2) is 11.5 Å². The SMILES string of the molecule is COc1cc(C(I)CN=[N+]=[N-])ccc1OCc1ccccc1. The van der Waals surface area contributed by atoms with Crippen LogP contribution in [0.3, 0.4) is 0 Å². The van der Waals surface area contributed by atoms with Crippen molar-refractivity contribution >= 4 is 22.6 Å². The van der Waals surface area contributed by atoms with Gasteiger partial charge in [-0.2, -0.15) is 0 Å². The Morgan fingerprint density at radius 2 is 1.95 bits per heavy atom. The van der Waals surface area contributed by atoms with E-state index >= 15 is 0 Å². The van der Waals surface area contributed by atoms with Gasteiger partial charge in [0.2, 0.25) is 0 Å². The number of hydrogen-bond donors (Lipinski definition) is 0. The maximum Gasteiger partial charge on any atom is 0.161 e. The first-order chi connectivity index (χ1) is 10.7. The van der Waals surface area contributed by atoms with Gasteiger partial charge in [-0.15, -0.1) is 0 Å². The summed E-state index contributed by atoms with van der Waals surface area (Å²) in [6.45, 7) is 0.896. The standard InChI is InChI=1S/C16H16IN3O2/c1-21-16-9-13(14(17)10-19-20-18)7-8-15(16)22-11-12-5-3-2-4-6-12/h2-9,14H,10-11H2,1H3. The molecule has 0 saturated carbocycles. The normalized spacial score (nSPS) is 11.4. The average Bonchev–Trinajstić information content (AvgIpc) is 2.58. The van der Waals surface area contributed by atoms with E-state index in [2.05, 4.69) is 32.6 Å². The molecule has 2 aromatic carbocycles. The Labute approximate surface area is 143 Å². The van der Waals surface area contributed by atoms with Crippen LogP contribution in [0.2, 0.25) is 0 Å². The van der Waals surface area contributed by atoms with Gasteiger partial charge in [-0.25, -0.2) is 0 Å². The van der Waals surface area contributed by atoms with Crippen LogP contribution in [-0.2, 0) is 6.61 Å². The molecule has 0 aliphatic rings. The van der Waals surface area contributed by atoms with Crippen LogP contribution in [0.4, 0.5) is 0 Å². The number of halogens is 1. The summed E-state index contributed by atoms with van der Waals surface area (Å²) in [5, 5.41) is 3.60. The van der Waals surface area contributed by atoms with E-state index in [1.807, 2.05) is 48.5 Å². The molecule has 2 rings (SSSR count). The van der Waals surface area contributed by atoms with Gasteiger partial charge in [0.25, 0.3) is 0 Å². The number of hydrogen-bond acceptors (Lipinski definition) is 3.